The first-order chi connectivity index (χ1) is 11.5. The second-order valence-electron chi connectivity index (χ2n) is 7.21. The Morgan fingerprint density at radius 3 is 2.38 bits per heavy atom. The summed E-state index contributed by atoms with van der Waals surface area (Å²) >= 11 is 0. The summed E-state index contributed by atoms with van der Waals surface area (Å²) in [4.78, 5) is 12.0. The molecule has 130 valence electrons. The Labute approximate surface area is 145 Å². The zero-order valence-corrected chi connectivity index (χ0v) is 15.3. The maximum atomic E-state index is 12.0. The van der Waals surface area contributed by atoms with Crippen LogP contribution < -0.4 is 0 Å². The first-order valence-electron chi connectivity index (χ1n) is 9.03. The third kappa shape index (κ3) is 5.29. The van der Waals surface area contributed by atoms with Crippen LogP contribution in [-0.4, -0.2) is 20.8 Å². The van der Waals surface area contributed by atoms with E-state index < -0.39 is 0 Å². The summed E-state index contributed by atoms with van der Waals surface area (Å²) in [6.45, 7) is 8.37. The summed E-state index contributed by atoms with van der Waals surface area (Å²) in [5.41, 5.74) is 2.72. The molecule has 0 amide bonds. The van der Waals surface area contributed by atoms with Crippen LogP contribution in [-0.2, 0) is 6.42 Å². The SMILES string of the molecule is CC(C)CCCCCc1cn(-c2ccc(C(=O)C(C)C)cc2)nn1. The molecule has 0 N–H and O–H groups in total. The monoisotopic (exact) mass is 327 g/mol. The van der Waals surface area contributed by atoms with E-state index in [0.717, 1.165) is 35.7 Å². The van der Waals surface area contributed by atoms with Crippen molar-refractivity contribution in [3.63, 3.8) is 0 Å². The number of nitrogens with zero attached hydrogens (tertiary/aromatic N) is 3. The number of ketones is 1. The molecule has 0 aliphatic rings. The van der Waals surface area contributed by atoms with Crippen molar-refractivity contribution < 1.29 is 4.79 Å². The minimum absolute atomic E-state index is 0.0181. The van der Waals surface area contributed by atoms with Gasteiger partial charge >= 0.3 is 0 Å². The number of carbonyl (C=O) groups excluding carboxylic acids is 1. The molecule has 0 unspecified atom stereocenters. The maximum absolute atomic E-state index is 12.0. The highest BCUT2D eigenvalue weighted by atomic mass is 16.1. The zero-order chi connectivity index (χ0) is 17.5. The molecule has 0 saturated carbocycles. The van der Waals surface area contributed by atoms with Gasteiger partial charge in [0, 0.05) is 11.5 Å². The fourth-order valence-corrected chi connectivity index (χ4v) is 2.69. The molecule has 1 aromatic heterocycles. The number of rotatable bonds is 9. The van der Waals surface area contributed by atoms with Crippen molar-refractivity contribution in [2.45, 2.75) is 59.8 Å². The molecular weight excluding hydrogens is 298 g/mol. The lowest BCUT2D eigenvalue weighted by atomic mass is 10.0. The average molecular weight is 327 g/mol. The first-order valence-corrected chi connectivity index (χ1v) is 9.03. The molecular formula is C20H29N3O. The Kier molecular flexibility index (Phi) is 6.71. The molecule has 4 nitrogen and oxygen atoms in total. The van der Waals surface area contributed by atoms with Gasteiger partial charge in [0.15, 0.2) is 5.78 Å². The Balaban J connectivity index is 1.89. The van der Waals surface area contributed by atoms with E-state index in [1.807, 2.05) is 44.3 Å². The van der Waals surface area contributed by atoms with Gasteiger partial charge in [-0.2, -0.15) is 0 Å². The van der Waals surface area contributed by atoms with Crippen LogP contribution >= 0.6 is 0 Å². The molecule has 4 heteroatoms. The molecule has 1 aromatic carbocycles. The van der Waals surface area contributed by atoms with E-state index in [1.54, 1.807) is 4.68 Å². The largest absolute Gasteiger partial charge is 0.294 e. The fourth-order valence-electron chi connectivity index (χ4n) is 2.69. The van der Waals surface area contributed by atoms with Crippen molar-refractivity contribution >= 4 is 5.78 Å². The first kappa shape index (κ1) is 18.4. The molecule has 0 atom stereocenters. The van der Waals surface area contributed by atoms with E-state index in [0.29, 0.717) is 0 Å². The number of hydrogen-bond acceptors (Lipinski definition) is 3. The van der Waals surface area contributed by atoms with Gasteiger partial charge in [0.05, 0.1) is 17.6 Å². The smallest absolute Gasteiger partial charge is 0.165 e. The van der Waals surface area contributed by atoms with Crippen LogP contribution in [0.4, 0.5) is 0 Å². The molecule has 2 rings (SSSR count). The maximum Gasteiger partial charge on any atom is 0.165 e. The molecule has 0 saturated heterocycles. The van der Waals surface area contributed by atoms with Crippen LogP contribution in [0.3, 0.4) is 0 Å². The van der Waals surface area contributed by atoms with Crippen LogP contribution in [0, 0.1) is 11.8 Å². The van der Waals surface area contributed by atoms with Gasteiger partial charge in [-0.15, -0.1) is 5.10 Å². The van der Waals surface area contributed by atoms with E-state index in [9.17, 15) is 4.79 Å². The fraction of sp³-hybridized carbons (Fsp3) is 0.550. The highest BCUT2D eigenvalue weighted by Crippen LogP contribution is 2.14. The molecule has 0 fully saturated rings. The van der Waals surface area contributed by atoms with E-state index in [4.69, 9.17) is 0 Å². The van der Waals surface area contributed by atoms with Gasteiger partial charge < -0.3 is 0 Å². The van der Waals surface area contributed by atoms with Crippen LogP contribution in [0.2, 0.25) is 0 Å². The lowest BCUT2D eigenvalue weighted by Crippen LogP contribution is -2.07. The quantitative estimate of drug-likeness (QED) is 0.488. The summed E-state index contributed by atoms with van der Waals surface area (Å²) in [5, 5.41) is 8.46. The van der Waals surface area contributed by atoms with E-state index in [-0.39, 0.29) is 11.7 Å². The second kappa shape index (κ2) is 8.76. The van der Waals surface area contributed by atoms with Gasteiger partial charge in [-0.3, -0.25) is 4.79 Å². The summed E-state index contributed by atoms with van der Waals surface area (Å²) in [6, 6.07) is 7.59. The van der Waals surface area contributed by atoms with Crippen LogP contribution in [0.1, 0.15) is 69.4 Å². The molecule has 0 aliphatic carbocycles. The topological polar surface area (TPSA) is 47.8 Å². The normalized spacial score (nSPS) is 11.4. The lowest BCUT2D eigenvalue weighted by Gasteiger charge is -2.05. The number of hydrogen-bond donors (Lipinski definition) is 0. The number of carbonyl (C=O) groups is 1. The highest BCUT2D eigenvalue weighted by Gasteiger charge is 2.10. The molecule has 0 bridgehead atoms. The zero-order valence-electron chi connectivity index (χ0n) is 15.3. The van der Waals surface area contributed by atoms with Crippen molar-refractivity contribution in [1.82, 2.24) is 15.0 Å². The summed E-state index contributed by atoms with van der Waals surface area (Å²) in [6.07, 6.45) is 7.96. The predicted octanol–water partition coefficient (Wildman–Crippen LogP) is 4.86. The van der Waals surface area contributed by atoms with Crippen molar-refractivity contribution in [2.24, 2.45) is 11.8 Å². The van der Waals surface area contributed by atoms with E-state index in [2.05, 4.69) is 24.2 Å². The minimum atomic E-state index is 0.0181. The van der Waals surface area contributed by atoms with Crippen molar-refractivity contribution in [3.05, 3.63) is 41.7 Å². The van der Waals surface area contributed by atoms with Crippen molar-refractivity contribution in [1.29, 1.82) is 0 Å². The molecule has 0 radical (unpaired) electrons. The van der Waals surface area contributed by atoms with Gasteiger partial charge in [0.2, 0.25) is 0 Å². The van der Waals surface area contributed by atoms with Crippen LogP contribution in [0.25, 0.3) is 5.69 Å². The molecule has 24 heavy (non-hydrogen) atoms. The highest BCUT2D eigenvalue weighted by molar-refractivity contribution is 5.97. The van der Waals surface area contributed by atoms with Gasteiger partial charge in [-0.25, -0.2) is 4.68 Å². The van der Waals surface area contributed by atoms with Crippen LogP contribution in [0.5, 0.6) is 0 Å². The number of aromatic nitrogens is 3. The lowest BCUT2D eigenvalue weighted by molar-refractivity contribution is 0.0939. The van der Waals surface area contributed by atoms with Crippen molar-refractivity contribution in [2.75, 3.05) is 0 Å². The Hall–Kier alpha value is -1.97. The van der Waals surface area contributed by atoms with Crippen molar-refractivity contribution in [3.8, 4) is 5.69 Å². The number of benzene rings is 1. The molecule has 2 aromatic rings. The van der Waals surface area contributed by atoms with Gasteiger partial charge in [0.1, 0.15) is 0 Å². The third-order valence-electron chi connectivity index (χ3n) is 4.20. The number of Topliss-reactive ketones (excluding diaryl/α,β-unsaturated/α-hetero) is 1. The molecule has 0 aliphatic heterocycles. The summed E-state index contributed by atoms with van der Waals surface area (Å²) in [5.74, 6) is 0.975. The minimum Gasteiger partial charge on any atom is -0.294 e. The van der Waals surface area contributed by atoms with E-state index in [1.165, 1.54) is 19.3 Å². The number of aryl methyl sites for hydroxylation is 1. The number of unbranched alkanes of at least 4 members (excludes halogenated alkanes) is 2. The average Bonchev–Trinajstić information content (AvgIpc) is 3.02. The Morgan fingerprint density at radius 2 is 1.75 bits per heavy atom. The Morgan fingerprint density at radius 1 is 1.04 bits per heavy atom. The molecule has 0 spiro atoms. The van der Waals surface area contributed by atoms with Gasteiger partial charge in [0.25, 0.3) is 0 Å². The Bertz CT molecular complexity index is 641. The summed E-state index contributed by atoms with van der Waals surface area (Å²) in [7, 11) is 0. The van der Waals surface area contributed by atoms with E-state index >= 15 is 0 Å². The second-order valence-corrected chi connectivity index (χ2v) is 7.21. The molecule has 1 heterocycles. The standard InChI is InChI=1S/C20H29N3O/c1-15(2)8-6-5-7-9-18-14-23(22-21-18)19-12-10-17(11-13-19)20(24)16(3)4/h10-16H,5-9H2,1-4H3. The van der Waals surface area contributed by atoms with Gasteiger partial charge in [-0.1, -0.05) is 52.2 Å². The predicted molar refractivity (Wildman–Crippen MR) is 97.5 cm³/mol. The third-order valence-corrected chi connectivity index (χ3v) is 4.20. The summed E-state index contributed by atoms with van der Waals surface area (Å²) < 4.78 is 1.78. The van der Waals surface area contributed by atoms with Gasteiger partial charge in [-0.05, 0) is 43.0 Å². The van der Waals surface area contributed by atoms with Crippen LogP contribution in [0.15, 0.2) is 30.5 Å².